The summed E-state index contributed by atoms with van der Waals surface area (Å²) < 4.78 is 17.3. The topological polar surface area (TPSA) is 192 Å². The second kappa shape index (κ2) is 13.7. The zero-order valence-electron chi connectivity index (χ0n) is 25.6. The van der Waals surface area contributed by atoms with E-state index in [0.717, 1.165) is 6.07 Å². The van der Waals surface area contributed by atoms with E-state index >= 15 is 0 Å². The van der Waals surface area contributed by atoms with Crippen molar-refractivity contribution in [3.63, 3.8) is 0 Å². The number of aliphatic hydroxyl groups is 3. The van der Waals surface area contributed by atoms with E-state index in [1.807, 2.05) is 0 Å². The maximum atomic E-state index is 13.2. The number of esters is 1. The number of methoxy groups -OCH3 is 1. The largest absolute Gasteiger partial charge is 0.508 e. The molecule has 2 aliphatic rings. The van der Waals surface area contributed by atoms with Crippen molar-refractivity contribution in [1.29, 1.82) is 0 Å². The lowest BCUT2D eigenvalue weighted by molar-refractivity contribution is -0.188. The lowest BCUT2D eigenvalue weighted by Gasteiger charge is -2.44. The molecule has 8 unspecified atom stereocenters. The van der Waals surface area contributed by atoms with Crippen molar-refractivity contribution in [2.75, 3.05) is 13.7 Å². The number of rotatable bonds is 12. The molecule has 0 saturated carbocycles. The molecule has 6 N–H and O–H groups in total. The van der Waals surface area contributed by atoms with Crippen LogP contribution in [0.2, 0.25) is 0 Å². The molecule has 1 amide bonds. The van der Waals surface area contributed by atoms with Crippen LogP contribution in [0, 0.1) is 24.2 Å². The number of phenols is 2. The third-order valence-corrected chi connectivity index (χ3v) is 8.87. The smallest absolute Gasteiger partial charge is 0.342 e. The molecule has 0 radical (unpaired) electrons. The van der Waals surface area contributed by atoms with Crippen molar-refractivity contribution in [2.24, 2.45) is 17.3 Å². The summed E-state index contributed by atoms with van der Waals surface area (Å²) in [5.41, 5.74) is 0.541. The number of ether oxygens (including phenoxy) is 3. The average Bonchev–Trinajstić information content (AvgIpc) is 2.94. The maximum Gasteiger partial charge on any atom is 0.342 e. The zero-order chi connectivity index (χ0) is 32.4. The Hall–Kier alpha value is -3.03. The van der Waals surface area contributed by atoms with E-state index in [4.69, 9.17) is 14.2 Å². The van der Waals surface area contributed by atoms with Gasteiger partial charge in [-0.3, -0.25) is 9.59 Å². The van der Waals surface area contributed by atoms with Crippen molar-refractivity contribution in [1.82, 2.24) is 5.32 Å². The van der Waals surface area contributed by atoms with Crippen molar-refractivity contribution in [3.05, 3.63) is 34.9 Å². The average molecular weight is 608 g/mol. The van der Waals surface area contributed by atoms with Gasteiger partial charge in [0.15, 0.2) is 6.23 Å². The predicted octanol–water partition coefficient (Wildman–Crippen LogP) is 1.65. The molecular formula is C31H45NO11. The number of ketones is 1. The first-order chi connectivity index (χ1) is 20.0. The number of hydrogen-bond acceptors (Lipinski definition) is 11. The van der Waals surface area contributed by atoms with Crippen molar-refractivity contribution >= 4 is 17.7 Å². The molecule has 3 rings (SSSR count). The molecule has 0 aliphatic carbocycles. The number of aromatic hydroxyl groups is 2. The van der Waals surface area contributed by atoms with Crippen LogP contribution in [-0.4, -0.2) is 93.7 Å². The minimum Gasteiger partial charge on any atom is -0.508 e. The third-order valence-electron chi connectivity index (χ3n) is 8.87. The number of benzene rings is 1. The van der Waals surface area contributed by atoms with Gasteiger partial charge in [-0.2, -0.15) is 0 Å². The Balaban J connectivity index is 1.74. The van der Waals surface area contributed by atoms with Crippen LogP contribution < -0.4 is 5.32 Å². The lowest BCUT2D eigenvalue weighted by Crippen LogP contribution is -2.58. The molecule has 1 saturated heterocycles. The van der Waals surface area contributed by atoms with Crippen LogP contribution in [0.5, 0.6) is 11.5 Å². The number of allylic oxidation sites excluding steroid dienone is 1. The van der Waals surface area contributed by atoms with E-state index in [1.54, 1.807) is 34.6 Å². The first-order valence-corrected chi connectivity index (χ1v) is 14.4. The van der Waals surface area contributed by atoms with Crippen molar-refractivity contribution in [3.8, 4) is 11.5 Å². The van der Waals surface area contributed by atoms with Gasteiger partial charge < -0.3 is 45.1 Å². The standard InChI is InChI=1S/C31H45NO11/c1-14(2)8-17(13-33)27(38)28(39)32-29(41-7)23-12-24(37)31(5,6)25(42-23)11-20(35)16(4)22-9-18-15(3)19(34)10-21(36)26(18)30(40)43-22/h10,16-17,20,22-23,25,27,29,33-36,38H,1,8-9,11-13H2,2-7H3,(H,32,39). The Bertz CT molecular complexity index is 1230. The van der Waals surface area contributed by atoms with Gasteiger partial charge in [-0.05, 0) is 31.4 Å². The summed E-state index contributed by atoms with van der Waals surface area (Å²) in [6.45, 7) is 11.8. The number of nitrogens with one attached hydrogen (secondary N) is 1. The van der Waals surface area contributed by atoms with Gasteiger partial charge in [-0.25, -0.2) is 4.79 Å². The normalized spacial score (nSPS) is 25.1. The monoisotopic (exact) mass is 607 g/mol. The van der Waals surface area contributed by atoms with E-state index in [9.17, 15) is 39.9 Å². The molecule has 2 aliphatic heterocycles. The fourth-order valence-electron chi connectivity index (χ4n) is 5.75. The number of carbonyl (C=O) groups excluding carboxylic acids is 3. The Kier molecular flexibility index (Phi) is 11.0. The van der Waals surface area contributed by atoms with Crippen molar-refractivity contribution in [2.45, 2.75) is 97.0 Å². The SMILES string of the molecule is C=C(C)CC(CO)C(O)C(=O)NC(OC)C1CC(=O)C(C)(C)C(CC(O)C(C)C2Cc3c(C)c(O)cc(O)c3C(=O)O2)O1. The Morgan fingerprint density at radius 3 is 2.42 bits per heavy atom. The highest BCUT2D eigenvalue weighted by atomic mass is 16.6. The van der Waals surface area contributed by atoms with Crippen LogP contribution in [0.4, 0.5) is 0 Å². The van der Waals surface area contributed by atoms with Gasteiger partial charge >= 0.3 is 5.97 Å². The van der Waals surface area contributed by atoms with Crippen LogP contribution in [0.15, 0.2) is 18.2 Å². The quantitative estimate of drug-likeness (QED) is 0.115. The highest BCUT2D eigenvalue weighted by Crippen LogP contribution is 2.40. The maximum absolute atomic E-state index is 13.2. The van der Waals surface area contributed by atoms with Crippen LogP contribution in [0.1, 0.15) is 68.4 Å². The molecule has 0 spiro atoms. The second-order valence-electron chi connectivity index (χ2n) is 12.4. The van der Waals surface area contributed by atoms with Gasteiger partial charge in [0.05, 0.1) is 12.2 Å². The van der Waals surface area contributed by atoms with Crippen LogP contribution >= 0.6 is 0 Å². The van der Waals surface area contributed by atoms with Crippen LogP contribution in [-0.2, 0) is 30.2 Å². The number of amides is 1. The number of Topliss-reactive ketones (excluding diaryl/α,β-unsaturated/α-hetero) is 1. The van der Waals surface area contributed by atoms with Crippen LogP contribution in [0.25, 0.3) is 0 Å². The number of phenolic OH excluding ortho intramolecular Hbond substituents is 2. The molecule has 0 bridgehead atoms. The van der Waals surface area contributed by atoms with Gasteiger partial charge in [0.25, 0.3) is 5.91 Å². The van der Waals surface area contributed by atoms with Gasteiger partial charge in [0, 0.05) is 56.3 Å². The summed E-state index contributed by atoms with van der Waals surface area (Å²) >= 11 is 0. The summed E-state index contributed by atoms with van der Waals surface area (Å²) in [7, 11) is 1.32. The first-order valence-electron chi connectivity index (χ1n) is 14.4. The van der Waals surface area contributed by atoms with Gasteiger partial charge in [-0.1, -0.05) is 26.3 Å². The number of hydrogen-bond donors (Lipinski definition) is 6. The van der Waals surface area contributed by atoms with Crippen molar-refractivity contribution < 1.29 is 54.1 Å². The van der Waals surface area contributed by atoms with E-state index < -0.39 is 72.5 Å². The number of fused-ring (bicyclic) bond motifs is 1. The molecule has 8 atom stereocenters. The minimum atomic E-state index is -1.55. The summed E-state index contributed by atoms with van der Waals surface area (Å²) in [5.74, 6) is -3.67. The predicted molar refractivity (Wildman–Crippen MR) is 154 cm³/mol. The zero-order valence-corrected chi connectivity index (χ0v) is 25.6. The Morgan fingerprint density at radius 1 is 1.19 bits per heavy atom. The molecule has 1 fully saturated rings. The molecular weight excluding hydrogens is 562 g/mol. The molecule has 43 heavy (non-hydrogen) atoms. The fraction of sp³-hybridized carbons (Fsp3) is 0.645. The molecule has 12 nitrogen and oxygen atoms in total. The second-order valence-corrected chi connectivity index (χ2v) is 12.4. The first kappa shape index (κ1) is 34.5. The lowest BCUT2D eigenvalue weighted by atomic mass is 9.74. The number of carbonyl (C=O) groups is 3. The minimum absolute atomic E-state index is 0.0128. The van der Waals surface area contributed by atoms with Gasteiger partial charge in [0.2, 0.25) is 0 Å². The van der Waals surface area contributed by atoms with Gasteiger partial charge in [0.1, 0.15) is 41.2 Å². The summed E-state index contributed by atoms with van der Waals surface area (Å²) in [6, 6.07) is 1.09. The summed E-state index contributed by atoms with van der Waals surface area (Å²) in [6.07, 6.45) is -6.00. The third kappa shape index (κ3) is 7.38. The highest BCUT2D eigenvalue weighted by molar-refractivity contribution is 5.96. The van der Waals surface area contributed by atoms with Gasteiger partial charge in [-0.15, -0.1) is 6.58 Å². The molecule has 1 aromatic carbocycles. The number of aliphatic hydroxyl groups excluding tert-OH is 3. The molecule has 1 aromatic rings. The summed E-state index contributed by atoms with van der Waals surface area (Å²) in [5, 5.41) is 54.3. The molecule has 240 valence electrons. The Morgan fingerprint density at radius 2 is 1.84 bits per heavy atom. The van der Waals surface area contributed by atoms with E-state index in [1.165, 1.54) is 7.11 Å². The number of cyclic esters (lactones) is 1. The van der Waals surface area contributed by atoms with E-state index in [0.29, 0.717) is 16.7 Å². The fourth-order valence-corrected chi connectivity index (χ4v) is 5.75. The highest BCUT2D eigenvalue weighted by Gasteiger charge is 2.48. The van der Waals surface area contributed by atoms with Crippen LogP contribution in [0.3, 0.4) is 0 Å². The van der Waals surface area contributed by atoms with E-state index in [-0.39, 0.29) is 48.5 Å². The summed E-state index contributed by atoms with van der Waals surface area (Å²) in [4.78, 5) is 38.8. The van der Waals surface area contributed by atoms with E-state index in [2.05, 4.69) is 11.9 Å². The Labute approximate surface area is 251 Å². The molecule has 0 aromatic heterocycles. The molecule has 2 heterocycles. The molecule has 12 heteroatoms.